The Morgan fingerprint density at radius 1 is 0.370 bits per heavy atom. The molecule has 0 radical (unpaired) electrons. The molecule has 0 saturated heterocycles. The lowest BCUT2D eigenvalue weighted by atomic mass is 9.92. The summed E-state index contributed by atoms with van der Waals surface area (Å²) in [5.74, 6) is 0. The van der Waals surface area contributed by atoms with Crippen LogP contribution >= 0.6 is 0 Å². The molecule has 0 aliphatic rings. The van der Waals surface area contributed by atoms with E-state index in [-0.39, 0.29) is 0 Å². The fourth-order valence-corrected chi connectivity index (χ4v) is 6.01. The molecule has 0 amide bonds. The number of pyridine rings is 2. The highest BCUT2D eigenvalue weighted by Gasteiger charge is 2.20. The number of aryl methyl sites for hydroxylation is 2. The van der Waals surface area contributed by atoms with Crippen LogP contribution in [0.5, 0.6) is 0 Å². The molecule has 222 valence electrons. The van der Waals surface area contributed by atoms with Crippen LogP contribution in [0.1, 0.15) is 11.1 Å². The van der Waals surface area contributed by atoms with Crippen molar-refractivity contribution < 1.29 is 0 Å². The zero-order chi connectivity index (χ0) is 31.3. The van der Waals surface area contributed by atoms with Crippen molar-refractivity contribution in [2.75, 3.05) is 9.80 Å². The summed E-state index contributed by atoms with van der Waals surface area (Å²) in [5, 5.41) is 0. The van der Waals surface area contributed by atoms with Crippen molar-refractivity contribution in [2.45, 2.75) is 13.8 Å². The Kier molecular flexibility index (Phi) is 8.08. The molecule has 0 bridgehead atoms. The monoisotopic (exact) mass is 594 g/mol. The van der Waals surface area contributed by atoms with Crippen molar-refractivity contribution in [1.82, 2.24) is 9.97 Å². The van der Waals surface area contributed by atoms with Crippen molar-refractivity contribution in [3.05, 3.63) is 182 Å². The zero-order valence-corrected chi connectivity index (χ0v) is 26.0. The molecule has 2 aromatic heterocycles. The standard InChI is InChI=1S/C42H34N4/c1-31-13-9-10-20-41(31)42-27-33(22-21-32(42)2)34-25-39(45(35-14-5-3-6-15-35)37-18-11-23-43-29-37)28-40(26-34)46(36-16-7-4-8-17-36)38-19-12-24-44-30-38/h3-30H,1-2H3. The highest BCUT2D eigenvalue weighted by Crippen LogP contribution is 2.43. The summed E-state index contributed by atoms with van der Waals surface area (Å²) in [6.45, 7) is 4.37. The molecule has 0 unspecified atom stereocenters. The van der Waals surface area contributed by atoms with Gasteiger partial charge in [0.2, 0.25) is 0 Å². The van der Waals surface area contributed by atoms with E-state index in [0.29, 0.717) is 0 Å². The van der Waals surface area contributed by atoms with Gasteiger partial charge in [-0.2, -0.15) is 0 Å². The maximum atomic E-state index is 4.49. The molecule has 7 rings (SSSR count). The van der Waals surface area contributed by atoms with Crippen molar-refractivity contribution in [1.29, 1.82) is 0 Å². The molecule has 7 aromatic rings. The number of hydrogen-bond donors (Lipinski definition) is 0. The summed E-state index contributed by atoms with van der Waals surface area (Å²) < 4.78 is 0. The summed E-state index contributed by atoms with van der Waals surface area (Å²) in [7, 11) is 0. The number of hydrogen-bond acceptors (Lipinski definition) is 4. The maximum Gasteiger partial charge on any atom is 0.0644 e. The van der Waals surface area contributed by atoms with Gasteiger partial charge in [0.15, 0.2) is 0 Å². The lowest BCUT2D eigenvalue weighted by Gasteiger charge is -2.30. The second-order valence-electron chi connectivity index (χ2n) is 11.3. The first-order valence-electron chi connectivity index (χ1n) is 15.5. The first kappa shape index (κ1) is 28.8. The highest BCUT2D eigenvalue weighted by atomic mass is 15.2. The van der Waals surface area contributed by atoms with Gasteiger partial charge in [0, 0.05) is 35.1 Å². The largest absolute Gasteiger partial charge is 0.309 e. The van der Waals surface area contributed by atoms with E-state index in [1.54, 1.807) is 0 Å². The van der Waals surface area contributed by atoms with Crippen LogP contribution in [0.25, 0.3) is 22.3 Å². The minimum atomic E-state index is 0.981. The van der Waals surface area contributed by atoms with E-state index in [9.17, 15) is 0 Å². The van der Waals surface area contributed by atoms with Gasteiger partial charge in [-0.25, -0.2) is 0 Å². The molecular formula is C42H34N4. The van der Waals surface area contributed by atoms with Gasteiger partial charge >= 0.3 is 0 Å². The van der Waals surface area contributed by atoms with Crippen LogP contribution < -0.4 is 9.80 Å². The maximum absolute atomic E-state index is 4.49. The number of para-hydroxylation sites is 2. The smallest absolute Gasteiger partial charge is 0.0644 e. The molecule has 2 heterocycles. The Bertz CT molecular complexity index is 1880. The third-order valence-corrected chi connectivity index (χ3v) is 8.26. The predicted molar refractivity (Wildman–Crippen MR) is 192 cm³/mol. The van der Waals surface area contributed by atoms with E-state index in [1.807, 2.05) is 49.1 Å². The normalized spacial score (nSPS) is 10.8. The van der Waals surface area contributed by atoms with Gasteiger partial charge in [0.05, 0.1) is 23.8 Å². The van der Waals surface area contributed by atoms with Crippen LogP contribution in [0.2, 0.25) is 0 Å². The molecule has 0 N–H and O–H groups in total. The van der Waals surface area contributed by atoms with E-state index in [4.69, 9.17) is 0 Å². The lowest BCUT2D eigenvalue weighted by Crippen LogP contribution is -2.14. The Labute approximate surface area is 270 Å². The number of anilines is 6. The third-order valence-electron chi connectivity index (χ3n) is 8.26. The second-order valence-corrected chi connectivity index (χ2v) is 11.3. The Balaban J connectivity index is 1.49. The molecule has 0 aliphatic heterocycles. The number of nitrogens with zero attached hydrogens (tertiary/aromatic N) is 4. The van der Waals surface area contributed by atoms with Crippen molar-refractivity contribution in [2.24, 2.45) is 0 Å². The van der Waals surface area contributed by atoms with E-state index in [0.717, 1.165) is 45.3 Å². The molecule has 4 nitrogen and oxygen atoms in total. The van der Waals surface area contributed by atoms with Crippen molar-refractivity contribution in [3.8, 4) is 22.3 Å². The van der Waals surface area contributed by atoms with Crippen LogP contribution in [0.4, 0.5) is 34.1 Å². The molecule has 46 heavy (non-hydrogen) atoms. The molecule has 0 aliphatic carbocycles. The van der Waals surface area contributed by atoms with Crippen molar-refractivity contribution in [3.63, 3.8) is 0 Å². The predicted octanol–water partition coefficient (Wildman–Crippen LogP) is 11.4. The van der Waals surface area contributed by atoms with E-state index in [1.165, 1.54) is 22.3 Å². The molecule has 0 fully saturated rings. The average molecular weight is 595 g/mol. The van der Waals surface area contributed by atoms with E-state index < -0.39 is 0 Å². The molecule has 4 heteroatoms. The summed E-state index contributed by atoms with van der Waals surface area (Å²) >= 11 is 0. The Morgan fingerprint density at radius 3 is 1.39 bits per heavy atom. The minimum Gasteiger partial charge on any atom is -0.309 e. The molecular weight excluding hydrogens is 560 g/mol. The fourth-order valence-electron chi connectivity index (χ4n) is 6.01. The van der Waals surface area contributed by atoms with Crippen LogP contribution in [-0.4, -0.2) is 9.97 Å². The van der Waals surface area contributed by atoms with Gasteiger partial charge in [-0.15, -0.1) is 0 Å². The summed E-state index contributed by atoms with van der Waals surface area (Å²) in [4.78, 5) is 13.5. The van der Waals surface area contributed by atoms with Crippen LogP contribution in [-0.2, 0) is 0 Å². The highest BCUT2D eigenvalue weighted by molar-refractivity contribution is 5.88. The lowest BCUT2D eigenvalue weighted by molar-refractivity contribution is 1.21. The quantitative estimate of drug-likeness (QED) is 0.175. The van der Waals surface area contributed by atoms with Gasteiger partial charge in [0.1, 0.15) is 0 Å². The van der Waals surface area contributed by atoms with Crippen LogP contribution in [0, 0.1) is 13.8 Å². The first-order chi connectivity index (χ1) is 22.7. The topological polar surface area (TPSA) is 32.3 Å². The summed E-state index contributed by atoms with van der Waals surface area (Å²) in [6.07, 6.45) is 7.45. The second kappa shape index (κ2) is 12.9. The molecule has 0 spiro atoms. The molecule has 0 saturated carbocycles. The van der Waals surface area contributed by atoms with Gasteiger partial charge < -0.3 is 9.80 Å². The summed E-state index contributed by atoms with van der Waals surface area (Å²) in [6, 6.07) is 51.3. The Hall–Kier alpha value is -6.00. The van der Waals surface area contributed by atoms with Crippen LogP contribution in [0.15, 0.2) is 170 Å². The van der Waals surface area contributed by atoms with Gasteiger partial charge in [-0.3, -0.25) is 9.97 Å². The molecule has 0 atom stereocenters. The van der Waals surface area contributed by atoms with Crippen LogP contribution in [0.3, 0.4) is 0 Å². The van der Waals surface area contributed by atoms with E-state index in [2.05, 4.69) is 155 Å². The third kappa shape index (κ3) is 5.89. The Morgan fingerprint density at radius 2 is 0.870 bits per heavy atom. The van der Waals surface area contributed by atoms with E-state index >= 15 is 0 Å². The SMILES string of the molecule is Cc1ccccc1-c1cc(-c2cc(N(c3ccccc3)c3cccnc3)cc(N(c3ccccc3)c3cccnc3)c2)ccc1C. The van der Waals surface area contributed by atoms with Gasteiger partial charge in [0.25, 0.3) is 0 Å². The molecule has 5 aromatic carbocycles. The number of rotatable bonds is 8. The number of aromatic nitrogens is 2. The minimum absolute atomic E-state index is 0.981. The zero-order valence-electron chi connectivity index (χ0n) is 26.0. The average Bonchev–Trinajstić information content (AvgIpc) is 3.11. The summed E-state index contributed by atoms with van der Waals surface area (Å²) in [5.41, 5.74) is 13.4. The van der Waals surface area contributed by atoms with Crippen molar-refractivity contribution >= 4 is 34.1 Å². The van der Waals surface area contributed by atoms with Gasteiger partial charge in [-0.05, 0) is 120 Å². The number of benzene rings is 5. The fraction of sp³-hybridized carbons (Fsp3) is 0.0476. The first-order valence-corrected chi connectivity index (χ1v) is 15.5. The van der Waals surface area contributed by atoms with Gasteiger partial charge in [-0.1, -0.05) is 72.8 Å².